The van der Waals surface area contributed by atoms with E-state index in [-0.39, 0.29) is 23.9 Å². The summed E-state index contributed by atoms with van der Waals surface area (Å²) in [6, 6.07) is 22.3. The number of hydrogen-bond donors (Lipinski definition) is 0. The molecule has 0 bridgehead atoms. The average molecular weight is 506 g/mol. The van der Waals surface area contributed by atoms with Crippen LogP contribution < -0.4 is 0 Å². The predicted molar refractivity (Wildman–Crippen MR) is 139 cm³/mol. The molecule has 2 heterocycles. The molecule has 7 heteroatoms. The fraction of sp³-hybridized carbons (Fsp3) is 0.250. The van der Waals surface area contributed by atoms with Crippen LogP contribution in [0, 0.1) is 6.92 Å². The summed E-state index contributed by atoms with van der Waals surface area (Å²) < 4.78 is 0. The maximum atomic E-state index is 14.1. The standard InChI is InChI=1S/C28H25Cl2N3O2/c1-18-5-4-6-20(17-18)26-25(19-9-11-21(29)12-10-19)31-27(23-7-2-3-8-24(23)30)33(26)28(35)32-15-13-22(34)14-16-32/h2-12,17,25-26H,13-16H2,1H3. The summed E-state index contributed by atoms with van der Waals surface area (Å²) in [5.74, 6) is 0.716. The molecule has 2 unspecified atom stereocenters. The van der Waals surface area contributed by atoms with Crippen molar-refractivity contribution in [3.8, 4) is 0 Å². The van der Waals surface area contributed by atoms with Crippen molar-refractivity contribution >= 4 is 40.9 Å². The largest absolute Gasteiger partial charge is 0.326 e. The number of carbonyl (C=O) groups is 2. The number of urea groups is 1. The van der Waals surface area contributed by atoms with Crippen LogP contribution in [0.15, 0.2) is 77.8 Å². The molecule has 0 spiro atoms. The van der Waals surface area contributed by atoms with E-state index in [0.717, 1.165) is 16.7 Å². The van der Waals surface area contributed by atoms with Crippen LogP contribution >= 0.6 is 23.2 Å². The van der Waals surface area contributed by atoms with Gasteiger partial charge in [-0.05, 0) is 42.3 Å². The number of benzene rings is 3. The summed E-state index contributed by atoms with van der Waals surface area (Å²) in [4.78, 5) is 34.6. The number of piperidine rings is 1. The molecule has 5 nitrogen and oxygen atoms in total. The van der Waals surface area contributed by atoms with E-state index in [9.17, 15) is 9.59 Å². The molecule has 1 saturated heterocycles. The number of halogens is 2. The van der Waals surface area contributed by atoms with Crippen LogP contribution in [0.25, 0.3) is 0 Å². The number of Topliss-reactive ketones (excluding diaryl/α,β-unsaturated/α-hetero) is 1. The Balaban J connectivity index is 1.67. The lowest BCUT2D eigenvalue weighted by Gasteiger charge is -2.35. The zero-order chi connectivity index (χ0) is 24.5. The molecule has 178 valence electrons. The van der Waals surface area contributed by atoms with Crippen molar-refractivity contribution in [2.45, 2.75) is 31.8 Å². The third-order valence-electron chi connectivity index (χ3n) is 6.57. The maximum absolute atomic E-state index is 14.1. The number of nitrogens with zero attached hydrogens (tertiary/aromatic N) is 3. The third kappa shape index (κ3) is 4.71. The van der Waals surface area contributed by atoms with E-state index < -0.39 is 0 Å². The Morgan fingerprint density at radius 1 is 0.914 bits per heavy atom. The van der Waals surface area contributed by atoms with Crippen LogP contribution in [0.5, 0.6) is 0 Å². The Morgan fingerprint density at radius 3 is 2.31 bits per heavy atom. The highest BCUT2D eigenvalue weighted by Gasteiger charge is 2.44. The highest BCUT2D eigenvalue weighted by molar-refractivity contribution is 6.34. The third-order valence-corrected chi connectivity index (χ3v) is 7.16. The van der Waals surface area contributed by atoms with Crippen molar-refractivity contribution in [1.82, 2.24) is 9.80 Å². The van der Waals surface area contributed by atoms with Crippen LogP contribution in [0.4, 0.5) is 4.79 Å². The Morgan fingerprint density at radius 2 is 1.63 bits per heavy atom. The molecule has 0 radical (unpaired) electrons. The van der Waals surface area contributed by atoms with Gasteiger partial charge in [0.15, 0.2) is 0 Å². The molecule has 2 aliphatic heterocycles. The first kappa shape index (κ1) is 23.6. The molecular formula is C28H25Cl2N3O2. The summed E-state index contributed by atoms with van der Waals surface area (Å²) >= 11 is 12.8. The quantitative estimate of drug-likeness (QED) is 0.400. The number of aryl methyl sites for hydroxylation is 1. The van der Waals surface area contributed by atoms with Gasteiger partial charge in [0.05, 0.1) is 11.1 Å². The van der Waals surface area contributed by atoms with Gasteiger partial charge < -0.3 is 4.90 Å². The second-order valence-corrected chi connectivity index (χ2v) is 9.81. The number of amidine groups is 1. The second kappa shape index (κ2) is 9.84. The fourth-order valence-corrected chi connectivity index (χ4v) is 5.14. The number of amides is 2. The van der Waals surface area contributed by atoms with E-state index in [1.165, 1.54) is 0 Å². The summed E-state index contributed by atoms with van der Waals surface area (Å²) in [6.45, 7) is 2.83. The summed E-state index contributed by atoms with van der Waals surface area (Å²) in [7, 11) is 0. The average Bonchev–Trinajstić information content (AvgIpc) is 3.25. The minimum absolute atomic E-state index is 0.167. The second-order valence-electron chi connectivity index (χ2n) is 8.97. The van der Waals surface area contributed by atoms with Crippen molar-refractivity contribution in [2.75, 3.05) is 13.1 Å². The molecule has 0 aromatic heterocycles. The molecular weight excluding hydrogens is 481 g/mol. The number of rotatable bonds is 3. The van der Waals surface area contributed by atoms with Gasteiger partial charge in [-0.1, -0.05) is 77.3 Å². The SMILES string of the molecule is Cc1cccc(C2C(c3ccc(Cl)cc3)N=C(c3ccccc3Cl)N2C(=O)N2CCC(=O)CC2)c1. The highest BCUT2D eigenvalue weighted by atomic mass is 35.5. The minimum Gasteiger partial charge on any atom is -0.323 e. The first-order chi connectivity index (χ1) is 16.9. The van der Waals surface area contributed by atoms with Gasteiger partial charge in [0.1, 0.15) is 17.7 Å². The molecule has 35 heavy (non-hydrogen) atoms. The van der Waals surface area contributed by atoms with Gasteiger partial charge in [-0.2, -0.15) is 0 Å². The minimum atomic E-state index is -0.382. The number of hydrogen-bond acceptors (Lipinski definition) is 3. The summed E-state index contributed by atoms with van der Waals surface area (Å²) in [5, 5.41) is 1.16. The Hall–Kier alpha value is -3.15. The topological polar surface area (TPSA) is 53.0 Å². The smallest absolute Gasteiger partial charge is 0.323 e. The number of aliphatic imine (C=N–C) groups is 1. The molecule has 0 aliphatic carbocycles. The van der Waals surface area contributed by atoms with Crippen LogP contribution in [0.2, 0.25) is 10.0 Å². The van der Waals surface area contributed by atoms with Gasteiger partial charge in [0.2, 0.25) is 0 Å². The Labute approximate surface area is 215 Å². The van der Waals surface area contributed by atoms with Crippen LogP contribution in [-0.2, 0) is 4.79 Å². The Kier molecular flexibility index (Phi) is 6.63. The highest BCUT2D eigenvalue weighted by Crippen LogP contribution is 2.45. The van der Waals surface area contributed by atoms with Crippen LogP contribution in [0.3, 0.4) is 0 Å². The van der Waals surface area contributed by atoms with Gasteiger partial charge in [0.25, 0.3) is 0 Å². The van der Waals surface area contributed by atoms with Crippen molar-refractivity contribution in [3.63, 3.8) is 0 Å². The van der Waals surface area contributed by atoms with Gasteiger partial charge in [-0.25, -0.2) is 4.79 Å². The molecule has 3 aromatic rings. The first-order valence-corrected chi connectivity index (χ1v) is 12.4. The monoisotopic (exact) mass is 505 g/mol. The predicted octanol–water partition coefficient (Wildman–Crippen LogP) is 6.63. The molecule has 5 rings (SSSR count). The molecule has 2 atom stereocenters. The zero-order valence-corrected chi connectivity index (χ0v) is 20.8. The molecule has 1 fully saturated rings. The van der Waals surface area contributed by atoms with Gasteiger partial charge in [0, 0.05) is 36.5 Å². The number of likely N-dealkylation sites (tertiary alicyclic amines) is 1. The van der Waals surface area contributed by atoms with Crippen molar-refractivity contribution < 1.29 is 9.59 Å². The lowest BCUT2D eigenvalue weighted by Crippen LogP contribution is -2.49. The molecule has 2 aliphatic rings. The van der Waals surface area contributed by atoms with E-state index in [2.05, 4.69) is 6.07 Å². The van der Waals surface area contributed by atoms with Crippen molar-refractivity contribution in [1.29, 1.82) is 0 Å². The molecule has 3 aromatic carbocycles. The lowest BCUT2D eigenvalue weighted by atomic mass is 9.93. The zero-order valence-electron chi connectivity index (χ0n) is 19.3. The van der Waals surface area contributed by atoms with E-state index in [1.54, 1.807) is 15.9 Å². The summed E-state index contributed by atoms with van der Waals surface area (Å²) in [5.41, 5.74) is 3.73. The van der Waals surface area contributed by atoms with Crippen molar-refractivity contribution in [2.24, 2.45) is 4.99 Å². The van der Waals surface area contributed by atoms with E-state index in [1.807, 2.05) is 67.6 Å². The van der Waals surface area contributed by atoms with Crippen LogP contribution in [0.1, 0.15) is 47.2 Å². The fourth-order valence-electron chi connectivity index (χ4n) is 4.79. The van der Waals surface area contributed by atoms with Gasteiger partial charge in [-0.15, -0.1) is 0 Å². The van der Waals surface area contributed by atoms with Crippen molar-refractivity contribution in [3.05, 3.63) is 105 Å². The first-order valence-electron chi connectivity index (χ1n) is 11.7. The normalized spacial score (nSPS) is 20.2. The summed E-state index contributed by atoms with van der Waals surface area (Å²) in [6.07, 6.45) is 0.738. The lowest BCUT2D eigenvalue weighted by molar-refractivity contribution is -0.120. The maximum Gasteiger partial charge on any atom is 0.326 e. The van der Waals surface area contributed by atoms with Gasteiger partial charge in [-0.3, -0.25) is 14.7 Å². The van der Waals surface area contributed by atoms with Crippen LogP contribution in [-0.4, -0.2) is 40.5 Å². The molecule has 0 saturated carbocycles. The van der Waals surface area contributed by atoms with E-state index in [0.29, 0.717) is 47.4 Å². The number of carbonyl (C=O) groups excluding carboxylic acids is 2. The van der Waals surface area contributed by atoms with E-state index in [4.69, 9.17) is 28.2 Å². The molecule has 0 N–H and O–H groups in total. The van der Waals surface area contributed by atoms with Gasteiger partial charge >= 0.3 is 6.03 Å². The number of ketones is 1. The molecule has 2 amide bonds. The van der Waals surface area contributed by atoms with E-state index >= 15 is 0 Å². The Bertz CT molecular complexity index is 1300.